The molecule has 34 heavy (non-hydrogen) atoms. The number of aryl methyl sites for hydroxylation is 2. The fourth-order valence-corrected chi connectivity index (χ4v) is 3.85. The highest BCUT2D eigenvalue weighted by Crippen LogP contribution is 2.24. The predicted molar refractivity (Wildman–Crippen MR) is 135 cm³/mol. The lowest BCUT2D eigenvalue weighted by Crippen LogP contribution is -2.09. The number of carbonyl (C=O) groups excluding carboxylic acids is 1. The van der Waals surface area contributed by atoms with Crippen LogP contribution < -0.4 is 4.74 Å². The SMILES string of the molecule is CCCCCCCc1ccc(C(=O)Oc2ccc(-c3ncc(CCCCC)cn3)c(F)c2)cc1. The van der Waals surface area contributed by atoms with Crippen molar-refractivity contribution in [3.05, 3.63) is 77.4 Å². The molecule has 0 radical (unpaired) electrons. The second-order valence-corrected chi connectivity index (χ2v) is 8.76. The number of halogens is 1. The minimum absolute atomic E-state index is 0.155. The molecule has 0 atom stereocenters. The van der Waals surface area contributed by atoms with Crippen molar-refractivity contribution in [1.82, 2.24) is 9.97 Å². The van der Waals surface area contributed by atoms with E-state index in [1.807, 2.05) is 12.1 Å². The van der Waals surface area contributed by atoms with E-state index in [1.165, 1.54) is 43.7 Å². The van der Waals surface area contributed by atoms with Crippen molar-refractivity contribution >= 4 is 5.97 Å². The minimum atomic E-state index is -0.526. The number of ether oxygens (including phenoxy) is 1. The Morgan fingerprint density at radius 3 is 2.09 bits per heavy atom. The van der Waals surface area contributed by atoms with Crippen LogP contribution in [0.4, 0.5) is 4.39 Å². The topological polar surface area (TPSA) is 52.1 Å². The van der Waals surface area contributed by atoms with E-state index >= 15 is 0 Å². The molecule has 1 aromatic heterocycles. The van der Waals surface area contributed by atoms with Gasteiger partial charge in [0.25, 0.3) is 0 Å². The number of carbonyl (C=O) groups is 1. The third kappa shape index (κ3) is 7.75. The van der Waals surface area contributed by atoms with Crippen LogP contribution in [0, 0.1) is 5.82 Å². The van der Waals surface area contributed by atoms with Gasteiger partial charge >= 0.3 is 5.97 Å². The fraction of sp³-hybridized carbons (Fsp3) is 0.414. The molecule has 3 rings (SSSR count). The molecule has 0 fully saturated rings. The lowest BCUT2D eigenvalue weighted by Gasteiger charge is -2.08. The zero-order valence-corrected chi connectivity index (χ0v) is 20.4. The van der Waals surface area contributed by atoms with Crippen LogP contribution in [0.15, 0.2) is 54.9 Å². The minimum Gasteiger partial charge on any atom is -0.423 e. The Bertz CT molecular complexity index is 1030. The average molecular weight is 463 g/mol. The van der Waals surface area contributed by atoms with Crippen molar-refractivity contribution in [2.24, 2.45) is 0 Å². The molecular weight excluding hydrogens is 427 g/mol. The van der Waals surface area contributed by atoms with Gasteiger partial charge in [0.15, 0.2) is 5.82 Å². The number of hydrogen-bond donors (Lipinski definition) is 0. The summed E-state index contributed by atoms with van der Waals surface area (Å²) in [6, 6.07) is 11.8. The zero-order valence-electron chi connectivity index (χ0n) is 20.4. The Balaban J connectivity index is 1.56. The van der Waals surface area contributed by atoms with Crippen molar-refractivity contribution in [1.29, 1.82) is 0 Å². The molecule has 0 N–H and O–H groups in total. The van der Waals surface area contributed by atoms with Crippen LogP contribution in [0.2, 0.25) is 0 Å². The van der Waals surface area contributed by atoms with E-state index in [0.717, 1.165) is 37.7 Å². The summed E-state index contributed by atoms with van der Waals surface area (Å²) in [6.45, 7) is 4.37. The Morgan fingerprint density at radius 2 is 1.41 bits per heavy atom. The van der Waals surface area contributed by atoms with Gasteiger partial charge in [0.05, 0.1) is 11.1 Å². The summed E-state index contributed by atoms with van der Waals surface area (Å²) in [6.07, 6.45) is 15.0. The lowest BCUT2D eigenvalue weighted by atomic mass is 10.0. The van der Waals surface area contributed by atoms with Gasteiger partial charge in [-0.3, -0.25) is 0 Å². The highest BCUT2D eigenvalue weighted by atomic mass is 19.1. The first-order chi connectivity index (χ1) is 16.6. The molecule has 0 saturated carbocycles. The van der Waals surface area contributed by atoms with E-state index in [9.17, 15) is 9.18 Å². The molecule has 4 nitrogen and oxygen atoms in total. The molecule has 180 valence electrons. The molecular formula is C29H35FN2O2. The summed E-state index contributed by atoms with van der Waals surface area (Å²) in [5.41, 5.74) is 2.98. The molecule has 0 aliphatic heterocycles. The van der Waals surface area contributed by atoms with Gasteiger partial charge in [-0.1, -0.05) is 64.5 Å². The standard InChI is InChI=1S/C29H35FN2O2/c1-3-5-7-8-10-11-22-13-15-24(16-14-22)29(33)34-25-17-18-26(27(30)19-25)28-31-20-23(21-32-28)12-9-6-4-2/h13-21H,3-12H2,1-2H3. The van der Waals surface area contributed by atoms with Crippen molar-refractivity contribution in [3.63, 3.8) is 0 Å². The van der Waals surface area contributed by atoms with Crippen molar-refractivity contribution in [3.8, 4) is 17.1 Å². The van der Waals surface area contributed by atoms with Gasteiger partial charge in [0.1, 0.15) is 11.6 Å². The van der Waals surface area contributed by atoms with E-state index in [0.29, 0.717) is 11.4 Å². The Labute approximate surface area is 202 Å². The Kier molecular flexibility index (Phi) is 10.2. The first-order valence-corrected chi connectivity index (χ1v) is 12.5. The normalized spacial score (nSPS) is 10.9. The number of benzene rings is 2. The van der Waals surface area contributed by atoms with Crippen molar-refractivity contribution < 1.29 is 13.9 Å². The molecule has 0 aliphatic rings. The number of esters is 1. The lowest BCUT2D eigenvalue weighted by molar-refractivity contribution is 0.0734. The van der Waals surface area contributed by atoms with Crippen LogP contribution in [0.3, 0.4) is 0 Å². The van der Waals surface area contributed by atoms with Crippen LogP contribution in [0.5, 0.6) is 5.75 Å². The van der Waals surface area contributed by atoms with Crippen molar-refractivity contribution in [2.45, 2.75) is 78.1 Å². The quantitative estimate of drug-likeness (QED) is 0.148. The van der Waals surface area contributed by atoms with Gasteiger partial charge in [-0.15, -0.1) is 0 Å². The molecule has 0 bridgehead atoms. The maximum atomic E-state index is 14.7. The van der Waals surface area contributed by atoms with Gasteiger partial charge in [-0.25, -0.2) is 19.2 Å². The third-order valence-electron chi connectivity index (χ3n) is 5.92. The van der Waals surface area contributed by atoms with Crippen LogP contribution in [-0.2, 0) is 12.8 Å². The molecule has 1 heterocycles. The monoisotopic (exact) mass is 462 g/mol. The van der Waals surface area contributed by atoms with Gasteiger partial charge < -0.3 is 4.74 Å². The summed E-state index contributed by atoms with van der Waals surface area (Å²) < 4.78 is 20.1. The summed E-state index contributed by atoms with van der Waals surface area (Å²) in [4.78, 5) is 21.1. The highest BCUT2D eigenvalue weighted by Gasteiger charge is 2.13. The molecule has 0 aliphatic carbocycles. The van der Waals surface area contributed by atoms with Crippen molar-refractivity contribution in [2.75, 3.05) is 0 Å². The van der Waals surface area contributed by atoms with Crippen LogP contribution in [0.1, 0.15) is 86.7 Å². The fourth-order valence-electron chi connectivity index (χ4n) is 3.85. The predicted octanol–water partition coefficient (Wildman–Crippen LogP) is 7.75. The number of aromatic nitrogens is 2. The third-order valence-corrected chi connectivity index (χ3v) is 5.92. The maximum absolute atomic E-state index is 14.7. The molecule has 0 spiro atoms. The van der Waals surface area contributed by atoms with Gasteiger partial charge in [-0.2, -0.15) is 0 Å². The second kappa shape index (κ2) is 13.6. The van der Waals surface area contributed by atoms with Crippen LogP contribution in [-0.4, -0.2) is 15.9 Å². The summed E-state index contributed by atoms with van der Waals surface area (Å²) in [5, 5.41) is 0. The first kappa shape index (κ1) is 25.5. The number of hydrogen-bond acceptors (Lipinski definition) is 4. The molecule has 3 aromatic rings. The summed E-state index contributed by atoms with van der Waals surface area (Å²) >= 11 is 0. The average Bonchev–Trinajstić information content (AvgIpc) is 2.85. The first-order valence-electron chi connectivity index (χ1n) is 12.5. The summed E-state index contributed by atoms with van der Waals surface area (Å²) in [7, 11) is 0. The van der Waals surface area contributed by atoms with Gasteiger partial charge in [-0.05, 0) is 61.1 Å². The molecule has 0 saturated heterocycles. The largest absolute Gasteiger partial charge is 0.423 e. The molecule has 2 aromatic carbocycles. The second-order valence-electron chi connectivity index (χ2n) is 8.76. The number of nitrogens with zero attached hydrogens (tertiary/aromatic N) is 2. The van der Waals surface area contributed by atoms with Crippen LogP contribution in [0.25, 0.3) is 11.4 Å². The van der Waals surface area contributed by atoms with E-state index in [4.69, 9.17) is 4.74 Å². The molecule has 0 amide bonds. The zero-order chi connectivity index (χ0) is 24.2. The maximum Gasteiger partial charge on any atom is 0.343 e. The van der Waals surface area contributed by atoms with Crippen LogP contribution >= 0.6 is 0 Å². The smallest absolute Gasteiger partial charge is 0.343 e. The molecule has 0 unspecified atom stereocenters. The van der Waals surface area contributed by atoms with Gasteiger partial charge in [0.2, 0.25) is 0 Å². The highest BCUT2D eigenvalue weighted by molar-refractivity contribution is 5.91. The van der Waals surface area contributed by atoms with E-state index in [1.54, 1.807) is 36.7 Å². The Morgan fingerprint density at radius 1 is 0.794 bits per heavy atom. The number of rotatable bonds is 13. The van der Waals surface area contributed by atoms with Gasteiger partial charge in [0, 0.05) is 18.5 Å². The van der Waals surface area contributed by atoms with E-state index in [2.05, 4.69) is 23.8 Å². The summed E-state index contributed by atoms with van der Waals surface area (Å²) in [5.74, 6) is -0.556. The van der Waals surface area contributed by atoms with E-state index in [-0.39, 0.29) is 11.3 Å². The molecule has 5 heteroatoms. The van der Waals surface area contributed by atoms with E-state index < -0.39 is 11.8 Å². The number of unbranched alkanes of at least 4 members (excludes halogenated alkanes) is 6. The Hall–Kier alpha value is -3.08.